The van der Waals surface area contributed by atoms with E-state index in [-0.39, 0.29) is 17.1 Å². The van der Waals surface area contributed by atoms with Gasteiger partial charge in [-0.15, -0.1) is 0 Å². The molecular weight excluding hydrogens is 384 g/mol. The van der Waals surface area contributed by atoms with Gasteiger partial charge in [-0.1, -0.05) is 29.8 Å². The second kappa shape index (κ2) is 7.61. The Labute approximate surface area is 164 Å². The van der Waals surface area contributed by atoms with E-state index in [9.17, 15) is 19.7 Å². The number of rotatable bonds is 4. The average molecular weight is 399 g/mol. The lowest BCUT2D eigenvalue weighted by Crippen LogP contribution is -2.27. The molecule has 3 rings (SSSR count). The number of nitro benzene ring substituents is 1. The first kappa shape index (κ1) is 19.2. The largest absolute Gasteiger partial charge is 0.320 e. The van der Waals surface area contributed by atoms with E-state index in [1.54, 1.807) is 38.1 Å². The minimum Gasteiger partial charge on any atom is -0.320 e. The molecule has 0 aliphatic rings. The maximum absolute atomic E-state index is 12.6. The van der Waals surface area contributed by atoms with Crippen molar-refractivity contribution >= 4 is 28.9 Å². The number of aromatic nitrogens is 2. The summed E-state index contributed by atoms with van der Waals surface area (Å²) in [5.41, 5.74) is 0.527. The number of hydrogen-bond donors (Lipinski definition) is 1. The van der Waals surface area contributed by atoms with Crippen LogP contribution in [0.25, 0.3) is 5.69 Å². The number of hydrogen-bond acceptors (Lipinski definition) is 5. The van der Waals surface area contributed by atoms with Gasteiger partial charge in [0.15, 0.2) is 5.69 Å². The third kappa shape index (κ3) is 3.77. The van der Waals surface area contributed by atoms with Crippen LogP contribution in [0.2, 0.25) is 5.02 Å². The van der Waals surface area contributed by atoms with Crippen molar-refractivity contribution in [3.05, 3.63) is 90.8 Å². The van der Waals surface area contributed by atoms with Crippen molar-refractivity contribution in [2.45, 2.75) is 13.8 Å². The van der Waals surface area contributed by atoms with Gasteiger partial charge < -0.3 is 5.32 Å². The molecule has 0 bridgehead atoms. The molecule has 142 valence electrons. The van der Waals surface area contributed by atoms with Crippen LogP contribution in [-0.4, -0.2) is 20.6 Å². The van der Waals surface area contributed by atoms with Gasteiger partial charge in [0.1, 0.15) is 5.69 Å². The summed E-state index contributed by atoms with van der Waals surface area (Å²) in [6.45, 7) is 3.36. The van der Waals surface area contributed by atoms with Gasteiger partial charge in [0.2, 0.25) is 5.43 Å². The molecular formula is C19H15ClN4O4. The number of nitrogens with one attached hydrogen (secondary N) is 1. The molecule has 9 heteroatoms. The number of carbonyl (C=O) groups excluding carboxylic acids is 1. The van der Waals surface area contributed by atoms with Crippen LogP contribution >= 0.6 is 11.6 Å². The Morgan fingerprint density at radius 1 is 1.18 bits per heavy atom. The Balaban J connectivity index is 2.08. The zero-order valence-corrected chi connectivity index (χ0v) is 15.7. The van der Waals surface area contributed by atoms with Crippen molar-refractivity contribution < 1.29 is 9.72 Å². The van der Waals surface area contributed by atoms with Gasteiger partial charge in [-0.05, 0) is 37.6 Å². The number of aryl methyl sites for hydroxylation is 2. The van der Waals surface area contributed by atoms with E-state index in [1.165, 1.54) is 28.9 Å². The molecule has 1 aromatic heterocycles. The Morgan fingerprint density at radius 2 is 1.89 bits per heavy atom. The molecule has 0 fully saturated rings. The van der Waals surface area contributed by atoms with Crippen LogP contribution in [0, 0.1) is 24.0 Å². The molecule has 0 aliphatic carbocycles. The highest BCUT2D eigenvalue weighted by Gasteiger charge is 2.20. The minimum absolute atomic E-state index is 0.151. The number of para-hydroxylation sites is 2. The van der Waals surface area contributed by atoms with Crippen molar-refractivity contribution in [1.29, 1.82) is 0 Å². The lowest BCUT2D eigenvalue weighted by molar-refractivity contribution is -0.384. The Morgan fingerprint density at radius 3 is 2.61 bits per heavy atom. The van der Waals surface area contributed by atoms with Crippen LogP contribution in [0.1, 0.15) is 21.7 Å². The maximum atomic E-state index is 12.6. The topological polar surface area (TPSA) is 107 Å². The fourth-order valence-electron chi connectivity index (χ4n) is 2.66. The number of carbonyl (C=O) groups is 1. The summed E-state index contributed by atoms with van der Waals surface area (Å²) in [5.74, 6) is -0.734. The molecule has 0 unspecified atom stereocenters. The van der Waals surface area contributed by atoms with Crippen LogP contribution in [0.15, 0.2) is 53.3 Å². The number of nitrogens with zero attached hydrogens (tertiary/aromatic N) is 3. The molecule has 8 nitrogen and oxygen atoms in total. The number of halogens is 1. The van der Waals surface area contributed by atoms with Crippen LogP contribution < -0.4 is 10.7 Å². The summed E-state index contributed by atoms with van der Waals surface area (Å²) < 4.78 is 1.21. The smallest absolute Gasteiger partial charge is 0.294 e. The molecule has 1 amide bonds. The first-order valence-electron chi connectivity index (χ1n) is 8.20. The highest BCUT2D eigenvalue weighted by molar-refractivity contribution is 6.31. The molecule has 1 N–H and O–H groups in total. The summed E-state index contributed by atoms with van der Waals surface area (Å²) >= 11 is 5.95. The van der Waals surface area contributed by atoms with E-state index in [0.717, 1.165) is 5.56 Å². The fraction of sp³-hybridized carbons (Fsp3) is 0.105. The Kier molecular flexibility index (Phi) is 5.23. The van der Waals surface area contributed by atoms with Crippen molar-refractivity contribution in [3.8, 4) is 5.69 Å². The van der Waals surface area contributed by atoms with Gasteiger partial charge in [0.25, 0.3) is 11.6 Å². The first-order valence-corrected chi connectivity index (χ1v) is 8.58. The van der Waals surface area contributed by atoms with Crippen LogP contribution in [0.5, 0.6) is 0 Å². The van der Waals surface area contributed by atoms with Gasteiger partial charge in [-0.3, -0.25) is 19.7 Å². The predicted octanol–water partition coefficient (Wildman–Crippen LogP) is 3.66. The second-order valence-electron chi connectivity index (χ2n) is 6.07. The fourth-order valence-corrected chi connectivity index (χ4v) is 2.83. The van der Waals surface area contributed by atoms with Crippen LogP contribution in [0.4, 0.5) is 11.4 Å². The molecule has 0 saturated heterocycles. The van der Waals surface area contributed by atoms with E-state index < -0.39 is 16.3 Å². The third-order valence-corrected chi connectivity index (χ3v) is 4.31. The molecule has 2 aromatic carbocycles. The van der Waals surface area contributed by atoms with Crippen molar-refractivity contribution in [2.24, 2.45) is 0 Å². The van der Waals surface area contributed by atoms with E-state index >= 15 is 0 Å². The molecule has 1 heterocycles. The summed E-state index contributed by atoms with van der Waals surface area (Å²) in [6.07, 6.45) is 0. The SMILES string of the molecule is Cc1ccc(Cl)cc1NC(=O)c1nn(-c2ccccc2[N+](=O)[O-])c(C)cc1=O. The van der Waals surface area contributed by atoms with E-state index in [2.05, 4.69) is 10.4 Å². The lowest BCUT2D eigenvalue weighted by atomic mass is 10.2. The average Bonchev–Trinajstić information content (AvgIpc) is 2.64. The van der Waals surface area contributed by atoms with E-state index in [0.29, 0.717) is 16.4 Å². The quantitative estimate of drug-likeness (QED) is 0.533. The maximum Gasteiger partial charge on any atom is 0.294 e. The molecule has 0 aliphatic heterocycles. The summed E-state index contributed by atoms with van der Waals surface area (Å²) in [7, 11) is 0. The molecule has 0 spiro atoms. The lowest BCUT2D eigenvalue weighted by Gasteiger charge is -2.12. The minimum atomic E-state index is -0.734. The van der Waals surface area contributed by atoms with Gasteiger partial charge in [0, 0.05) is 28.5 Å². The standard InChI is InChI=1S/C19H15ClN4O4/c1-11-7-8-13(20)10-14(11)21-19(26)18-17(25)9-12(2)23(22-18)15-5-3-4-6-16(15)24(27)28/h3-10H,1-2H3,(H,21,26). The van der Waals surface area contributed by atoms with Gasteiger partial charge in [-0.25, -0.2) is 4.68 Å². The van der Waals surface area contributed by atoms with E-state index in [4.69, 9.17) is 11.6 Å². The number of nitro groups is 1. The molecule has 0 atom stereocenters. The van der Waals surface area contributed by atoms with Crippen molar-refractivity contribution in [1.82, 2.24) is 9.78 Å². The van der Waals surface area contributed by atoms with Crippen LogP contribution in [-0.2, 0) is 0 Å². The highest BCUT2D eigenvalue weighted by Crippen LogP contribution is 2.23. The third-order valence-electron chi connectivity index (χ3n) is 4.08. The monoisotopic (exact) mass is 398 g/mol. The highest BCUT2D eigenvalue weighted by atomic mass is 35.5. The first-order chi connectivity index (χ1) is 13.3. The van der Waals surface area contributed by atoms with Crippen molar-refractivity contribution in [3.63, 3.8) is 0 Å². The Hall–Kier alpha value is -3.52. The van der Waals surface area contributed by atoms with Gasteiger partial charge >= 0.3 is 0 Å². The molecule has 0 radical (unpaired) electrons. The summed E-state index contributed by atoms with van der Waals surface area (Å²) in [5, 5.41) is 18.4. The normalized spacial score (nSPS) is 10.5. The zero-order valence-electron chi connectivity index (χ0n) is 15.0. The molecule has 28 heavy (non-hydrogen) atoms. The van der Waals surface area contributed by atoms with E-state index in [1.807, 2.05) is 0 Å². The number of amides is 1. The van der Waals surface area contributed by atoms with Crippen LogP contribution in [0.3, 0.4) is 0 Å². The molecule has 0 saturated carbocycles. The second-order valence-corrected chi connectivity index (χ2v) is 6.51. The summed E-state index contributed by atoms with van der Waals surface area (Å²) in [6, 6.07) is 12.1. The zero-order chi connectivity index (χ0) is 20.4. The van der Waals surface area contributed by atoms with Gasteiger partial charge in [0.05, 0.1) is 4.92 Å². The summed E-state index contributed by atoms with van der Waals surface area (Å²) in [4.78, 5) is 35.7. The predicted molar refractivity (Wildman–Crippen MR) is 105 cm³/mol. The Bertz CT molecular complexity index is 1160. The van der Waals surface area contributed by atoms with Crippen molar-refractivity contribution in [2.75, 3.05) is 5.32 Å². The number of anilines is 1. The number of benzene rings is 2. The molecule has 3 aromatic rings. The van der Waals surface area contributed by atoms with Gasteiger partial charge in [-0.2, -0.15) is 5.10 Å².